The molecule has 0 N–H and O–H groups in total. The number of rotatable bonds is 6. The minimum absolute atomic E-state index is 0.828. The molecule has 0 saturated heterocycles. The molecule has 0 radical (unpaired) electrons. The van der Waals surface area contributed by atoms with Crippen LogP contribution in [0, 0.1) is 0 Å². The third kappa shape index (κ3) is 5.92. The number of benzene rings is 11. The highest BCUT2D eigenvalue weighted by atomic mass is 15.2. The summed E-state index contributed by atoms with van der Waals surface area (Å²) in [5.41, 5.74) is 16.8. The van der Waals surface area contributed by atoms with Crippen molar-refractivity contribution in [3.05, 3.63) is 267 Å². The maximum Gasteiger partial charge on any atom is 0.140 e. The van der Waals surface area contributed by atoms with E-state index < -0.39 is 0 Å². The third-order valence-electron chi connectivity index (χ3n) is 16.3. The average molecular weight is 981 g/mol. The van der Waals surface area contributed by atoms with Gasteiger partial charge in [-0.1, -0.05) is 182 Å². The number of hydrogen-bond acceptors (Lipinski definition) is 1. The van der Waals surface area contributed by atoms with Crippen molar-refractivity contribution < 1.29 is 0 Å². The fourth-order valence-electron chi connectivity index (χ4n) is 13.1. The van der Waals surface area contributed by atoms with Gasteiger partial charge in [0.1, 0.15) is 11.6 Å². The molecule has 0 aliphatic heterocycles. The second-order valence-electron chi connectivity index (χ2n) is 20.3. The van der Waals surface area contributed by atoms with Gasteiger partial charge in [0, 0.05) is 70.9 Å². The standard InChI is InChI=1S/C71H44N6/c1-3-19-47(20-4-1)74-62-31-15-9-25-52(62)56-39-41-58-54-27-11-17-33-64(54)76(70(58)68(56)74)66-43-46(45-35-37-49(38-36-45)73-60-29-13-7-23-50(60)51-24-8-14-30-61(51)73)44-67(72-66)77-65-34-18-12-28-55(65)59-42-40-57-53-26-10-16-32-63(53)75(69(57)71(59)77)48-21-5-2-6-22-48/h1-44H. The Hall–Kier alpha value is -10.4. The van der Waals surface area contributed by atoms with Crippen molar-refractivity contribution >= 4 is 109 Å². The monoisotopic (exact) mass is 980 g/mol. The van der Waals surface area contributed by atoms with Crippen LogP contribution in [0.15, 0.2) is 267 Å². The number of pyridine rings is 1. The molecule has 0 fully saturated rings. The van der Waals surface area contributed by atoms with E-state index in [0.29, 0.717) is 0 Å². The lowest BCUT2D eigenvalue weighted by atomic mass is 10.1. The maximum absolute atomic E-state index is 6.00. The van der Waals surface area contributed by atoms with Gasteiger partial charge in [-0.05, 0) is 96.1 Å². The van der Waals surface area contributed by atoms with Crippen LogP contribution in [0.2, 0.25) is 0 Å². The van der Waals surface area contributed by atoms with Crippen LogP contribution >= 0.6 is 0 Å². The van der Waals surface area contributed by atoms with Crippen LogP contribution in [0.3, 0.4) is 0 Å². The second kappa shape index (κ2) is 16.0. The van der Waals surface area contributed by atoms with Gasteiger partial charge >= 0.3 is 0 Å². The summed E-state index contributed by atoms with van der Waals surface area (Å²) in [6.45, 7) is 0. The smallest absolute Gasteiger partial charge is 0.140 e. The topological polar surface area (TPSA) is 37.5 Å². The highest BCUT2D eigenvalue weighted by molar-refractivity contribution is 6.25. The molecular formula is C71H44N6. The maximum atomic E-state index is 6.00. The lowest BCUT2D eigenvalue weighted by Crippen LogP contribution is -2.06. The highest BCUT2D eigenvalue weighted by Gasteiger charge is 2.26. The van der Waals surface area contributed by atoms with E-state index in [4.69, 9.17) is 4.98 Å². The fourth-order valence-corrected chi connectivity index (χ4v) is 13.1. The van der Waals surface area contributed by atoms with Gasteiger partial charge in [0.05, 0.1) is 55.2 Å². The minimum Gasteiger partial charge on any atom is -0.309 e. The molecule has 17 aromatic rings. The average Bonchev–Trinajstić information content (AvgIpc) is 4.47. The van der Waals surface area contributed by atoms with Gasteiger partial charge in [-0.25, -0.2) is 4.98 Å². The van der Waals surface area contributed by atoms with E-state index in [2.05, 4.69) is 290 Å². The van der Waals surface area contributed by atoms with E-state index in [0.717, 1.165) is 84.0 Å². The van der Waals surface area contributed by atoms with E-state index in [1.165, 1.54) is 64.9 Å². The molecule has 6 heterocycles. The Morgan fingerprint density at radius 2 is 0.468 bits per heavy atom. The first kappa shape index (κ1) is 42.0. The molecule has 358 valence electrons. The van der Waals surface area contributed by atoms with Crippen molar-refractivity contribution in [1.29, 1.82) is 0 Å². The molecule has 6 nitrogen and oxygen atoms in total. The normalized spacial score (nSPS) is 12.2. The molecule has 6 aromatic heterocycles. The number of hydrogen-bond donors (Lipinski definition) is 0. The van der Waals surface area contributed by atoms with E-state index in [1.807, 2.05) is 0 Å². The highest BCUT2D eigenvalue weighted by Crippen LogP contribution is 2.45. The molecule has 0 aliphatic rings. The lowest BCUT2D eigenvalue weighted by molar-refractivity contribution is 1.01. The van der Waals surface area contributed by atoms with Crippen LogP contribution in [0.25, 0.3) is 149 Å². The van der Waals surface area contributed by atoms with Crippen molar-refractivity contribution in [2.45, 2.75) is 0 Å². The number of aromatic nitrogens is 6. The Labute approximate surface area is 441 Å². The number of para-hydroxylation sites is 8. The van der Waals surface area contributed by atoms with Crippen LogP contribution in [-0.2, 0) is 0 Å². The Morgan fingerprint density at radius 3 is 0.831 bits per heavy atom. The first-order valence-electron chi connectivity index (χ1n) is 26.4. The predicted molar refractivity (Wildman–Crippen MR) is 321 cm³/mol. The molecule has 0 bridgehead atoms. The quantitative estimate of drug-likeness (QED) is 0.164. The summed E-state index contributed by atoms with van der Waals surface area (Å²) < 4.78 is 12.2. The van der Waals surface area contributed by atoms with Gasteiger partial charge in [0.2, 0.25) is 0 Å². The van der Waals surface area contributed by atoms with Crippen molar-refractivity contribution in [2.24, 2.45) is 0 Å². The SMILES string of the molecule is c1ccc(-n2c3ccccc3c3ccc4c5ccccc5n(-c5cc(-c6ccc(-n7c8ccccc8c8ccccc87)cc6)cc(-n6c7ccccc7c7ccc8c9ccccc9n(-c9ccccc9)c8c76)n5)c4c32)cc1. The zero-order valence-electron chi connectivity index (χ0n) is 41.6. The summed E-state index contributed by atoms with van der Waals surface area (Å²) in [7, 11) is 0. The molecule has 0 unspecified atom stereocenters. The van der Waals surface area contributed by atoms with Crippen molar-refractivity contribution in [2.75, 3.05) is 0 Å². The van der Waals surface area contributed by atoms with Crippen LogP contribution in [0.1, 0.15) is 0 Å². The minimum atomic E-state index is 0.828. The lowest BCUT2D eigenvalue weighted by Gasteiger charge is -2.17. The van der Waals surface area contributed by atoms with Gasteiger partial charge in [-0.2, -0.15) is 0 Å². The van der Waals surface area contributed by atoms with E-state index >= 15 is 0 Å². The molecule has 11 aromatic carbocycles. The van der Waals surface area contributed by atoms with E-state index in [1.54, 1.807) is 0 Å². The predicted octanol–water partition coefficient (Wildman–Crippen LogP) is 18.2. The Balaban J connectivity index is 1.01. The molecule has 0 spiro atoms. The molecule has 0 amide bonds. The van der Waals surface area contributed by atoms with Crippen molar-refractivity contribution in [1.82, 2.24) is 27.8 Å². The first-order chi connectivity index (χ1) is 38.2. The van der Waals surface area contributed by atoms with Crippen LogP contribution < -0.4 is 0 Å². The van der Waals surface area contributed by atoms with Crippen LogP contribution in [-0.4, -0.2) is 27.8 Å². The molecule has 0 atom stereocenters. The molecule has 77 heavy (non-hydrogen) atoms. The van der Waals surface area contributed by atoms with E-state index in [9.17, 15) is 0 Å². The van der Waals surface area contributed by atoms with Gasteiger partial charge in [0.15, 0.2) is 0 Å². The summed E-state index contributed by atoms with van der Waals surface area (Å²) in [5.74, 6) is 1.66. The third-order valence-corrected chi connectivity index (χ3v) is 16.3. The molecule has 0 saturated carbocycles. The number of fused-ring (bicyclic) bond motifs is 17. The molecule has 17 rings (SSSR count). The fraction of sp³-hybridized carbons (Fsp3) is 0. The van der Waals surface area contributed by atoms with Gasteiger partial charge < -0.3 is 13.7 Å². The summed E-state index contributed by atoms with van der Waals surface area (Å²) in [6.07, 6.45) is 0. The van der Waals surface area contributed by atoms with Crippen LogP contribution in [0.4, 0.5) is 0 Å². The summed E-state index contributed by atoms with van der Waals surface area (Å²) in [5, 5.41) is 12.0. The zero-order chi connectivity index (χ0) is 50.3. The van der Waals surface area contributed by atoms with Crippen molar-refractivity contribution in [3.8, 4) is 39.8 Å². The Kier molecular flexibility index (Phi) is 8.74. The molecule has 6 heteroatoms. The van der Waals surface area contributed by atoms with Crippen molar-refractivity contribution in [3.63, 3.8) is 0 Å². The Morgan fingerprint density at radius 1 is 0.195 bits per heavy atom. The summed E-state index contributed by atoms with van der Waals surface area (Å²) in [6, 6.07) is 97.4. The van der Waals surface area contributed by atoms with Gasteiger partial charge in [-0.15, -0.1) is 0 Å². The summed E-state index contributed by atoms with van der Waals surface area (Å²) in [4.78, 5) is 6.00. The first-order valence-corrected chi connectivity index (χ1v) is 26.4. The molecular weight excluding hydrogens is 937 g/mol. The number of nitrogens with zero attached hydrogens (tertiary/aromatic N) is 6. The van der Waals surface area contributed by atoms with Gasteiger partial charge in [0.25, 0.3) is 0 Å². The Bertz CT molecular complexity index is 4960. The second-order valence-corrected chi connectivity index (χ2v) is 20.3. The van der Waals surface area contributed by atoms with Gasteiger partial charge in [-0.3, -0.25) is 9.13 Å². The molecule has 0 aliphatic carbocycles. The summed E-state index contributed by atoms with van der Waals surface area (Å²) >= 11 is 0. The zero-order valence-corrected chi connectivity index (χ0v) is 41.6. The largest absolute Gasteiger partial charge is 0.309 e. The van der Waals surface area contributed by atoms with E-state index in [-0.39, 0.29) is 0 Å². The van der Waals surface area contributed by atoms with Crippen LogP contribution in [0.5, 0.6) is 0 Å².